The highest BCUT2D eigenvalue weighted by Crippen LogP contribution is 2.13. The van der Waals surface area contributed by atoms with E-state index in [1.54, 1.807) is 38.4 Å². The predicted molar refractivity (Wildman–Crippen MR) is 165 cm³/mol. The molecule has 0 aliphatic heterocycles. The largest absolute Gasteiger partial charge is 0.445 e. The molecule has 9 N–H and O–H groups in total. The van der Waals surface area contributed by atoms with Gasteiger partial charge in [0, 0.05) is 38.8 Å². The Morgan fingerprint density at radius 1 is 0.930 bits per heavy atom. The zero-order chi connectivity index (χ0) is 32.2. The van der Waals surface area contributed by atoms with Gasteiger partial charge in [0.15, 0.2) is 0 Å². The van der Waals surface area contributed by atoms with Crippen molar-refractivity contribution in [1.29, 1.82) is 0 Å². The van der Waals surface area contributed by atoms with Crippen LogP contribution in [0, 0.1) is 5.92 Å². The van der Waals surface area contributed by atoms with Crippen molar-refractivity contribution in [2.45, 2.75) is 71.1 Å². The molecule has 1 aromatic carbocycles. The third-order valence-electron chi connectivity index (χ3n) is 6.57. The lowest BCUT2D eigenvalue weighted by molar-refractivity contribution is -0.132. The van der Waals surface area contributed by atoms with Crippen LogP contribution in [0.3, 0.4) is 0 Å². The van der Waals surface area contributed by atoms with E-state index in [9.17, 15) is 24.0 Å². The van der Waals surface area contributed by atoms with Crippen molar-refractivity contribution in [3.05, 3.63) is 29.8 Å². The number of likely N-dealkylation sites (N-methyl/N-ethyl adjacent to an activating group) is 2. The van der Waals surface area contributed by atoms with E-state index in [0.717, 1.165) is 18.4 Å². The lowest BCUT2D eigenvalue weighted by Gasteiger charge is -2.25. The Hall–Kier alpha value is -3.91. The fraction of sp³-hybridized carbons (Fsp3) is 0.621. The van der Waals surface area contributed by atoms with E-state index in [1.807, 2.05) is 13.8 Å². The maximum atomic E-state index is 13.2. The van der Waals surface area contributed by atoms with E-state index < -0.39 is 36.0 Å². The van der Waals surface area contributed by atoms with Gasteiger partial charge < -0.3 is 47.7 Å². The number of nitrogens with one attached hydrogen (secondary N) is 5. The number of amides is 6. The molecule has 1 aromatic rings. The second-order valence-electron chi connectivity index (χ2n) is 10.6. The fourth-order valence-electron chi connectivity index (χ4n) is 3.98. The molecule has 0 radical (unpaired) electrons. The monoisotopic (exact) mass is 606 g/mol. The molecule has 0 aliphatic rings. The number of unbranched alkanes of at least 4 members (excludes halogenated alkanes) is 2. The molecule has 2 unspecified atom stereocenters. The van der Waals surface area contributed by atoms with E-state index in [2.05, 4.69) is 26.6 Å². The second-order valence-corrected chi connectivity index (χ2v) is 10.6. The average molecular weight is 607 g/mol. The van der Waals surface area contributed by atoms with Gasteiger partial charge in [-0.15, -0.1) is 0 Å². The molecule has 6 amide bonds. The first kappa shape index (κ1) is 37.1. The van der Waals surface area contributed by atoms with Crippen molar-refractivity contribution < 1.29 is 28.7 Å². The number of hydrogen-bond acceptors (Lipinski definition) is 8. The Kier molecular flexibility index (Phi) is 18.0. The first-order valence-corrected chi connectivity index (χ1v) is 14.7. The molecule has 0 bridgehead atoms. The third-order valence-corrected chi connectivity index (χ3v) is 6.57. The van der Waals surface area contributed by atoms with Crippen molar-refractivity contribution in [2.75, 3.05) is 45.6 Å². The highest BCUT2D eigenvalue weighted by molar-refractivity contribution is 5.98. The standard InChI is InChI=1S/C29H50N8O6/c1-20(2)25(36-24(38)10-6-5-7-15-30)27(40)35-23(9-8-16-33-28(31)41)26(39)34-22-13-11-21(12-14-22)19-43-29(42)37(4)18-17-32-3/h11-14,20,23,25,32H,5-10,15-19,30H2,1-4H3,(H,34,39)(H,35,40)(H,36,38)(H3,31,33,41). The van der Waals surface area contributed by atoms with Crippen molar-refractivity contribution >= 4 is 35.5 Å². The molecule has 0 fully saturated rings. The molecule has 1 rings (SSSR count). The SMILES string of the molecule is CNCCN(C)C(=O)OCc1ccc(NC(=O)C(CCCNC(N)=O)NC(=O)C(NC(=O)CCCCCN)C(C)C)cc1. The van der Waals surface area contributed by atoms with E-state index in [0.29, 0.717) is 38.2 Å². The minimum absolute atomic E-state index is 0.0673. The molecule has 14 nitrogen and oxygen atoms in total. The van der Waals surface area contributed by atoms with E-state index in [1.165, 1.54) is 4.90 Å². The number of primary amides is 1. The summed E-state index contributed by atoms with van der Waals surface area (Å²) < 4.78 is 5.31. The molecule has 0 spiro atoms. The molecule has 0 aliphatic carbocycles. The van der Waals surface area contributed by atoms with Gasteiger partial charge >= 0.3 is 12.1 Å². The van der Waals surface area contributed by atoms with Crippen LogP contribution >= 0.6 is 0 Å². The number of carbonyl (C=O) groups excluding carboxylic acids is 5. The fourth-order valence-corrected chi connectivity index (χ4v) is 3.98. The Labute approximate surface area is 254 Å². The molecule has 0 saturated carbocycles. The number of nitrogens with zero attached hydrogens (tertiary/aromatic N) is 1. The summed E-state index contributed by atoms with van der Waals surface area (Å²) in [4.78, 5) is 63.5. The van der Waals surface area contributed by atoms with Gasteiger partial charge in [0.25, 0.3) is 0 Å². The molecular formula is C29H50N8O6. The Bertz CT molecular complexity index is 1020. The number of hydrogen-bond donors (Lipinski definition) is 7. The highest BCUT2D eigenvalue weighted by Gasteiger charge is 2.28. The van der Waals surface area contributed by atoms with Gasteiger partial charge in [-0.1, -0.05) is 32.4 Å². The first-order chi connectivity index (χ1) is 20.5. The second kappa shape index (κ2) is 20.9. The number of benzene rings is 1. The van der Waals surface area contributed by atoms with Crippen LogP contribution in [0.4, 0.5) is 15.3 Å². The van der Waals surface area contributed by atoms with Crippen LogP contribution in [-0.4, -0.2) is 87.1 Å². The van der Waals surface area contributed by atoms with Gasteiger partial charge in [0.2, 0.25) is 17.7 Å². The van der Waals surface area contributed by atoms with Crippen molar-refractivity contribution in [1.82, 2.24) is 26.2 Å². The maximum Gasteiger partial charge on any atom is 0.409 e. The number of carbonyl (C=O) groups is 5. The lowest BCUT2D eigenvalue weighted by Crippen LogP contribution is -2.54. The minimum atomic E-state index is -0.946. The average Bonchev–Trinajstić information content (AvgIpc) is 2.97. The van der Waals surface area contributed by atoms with Crippen molar-refractivity contribution in [2.24, 2.45) is 17.4 Å². The summed E-state index contributed by atoms with van der Waals surface area (Å²) in [7, 11) is 3.45. The quantitative estimate of drug-likeness (QED) is 0.106. The summed E-state index contributed by atoms with van der Waals surface area (Å²) in [5, 5.41) is 13.8. The Morgan fingerprint density at radius 2 is 1.63 bits per heavy atom. The number of urea groups is 1. The van der Waals surface area contributed by atoms with Crippen LogP contribution in [0.25, 0.3) is 0 Å². The first-order valence-electron chi connectivity index (χ1n) is 14.7. The Morgan fingerprint density at radius 3 is 2.23 bits per heavy atom. The normalized spacial score (nSPS) is 12.1. The third kappa shape index (κ3) is 15.8. The van der Waals surface area contributed by atoms with Crippen LogP contribution in [0.15, 0.2) is 24.3 Å². The maximum absolute atomic E-state index is 13.2. The summed E-state index contributed by atoms with van der Waals surface area (Å²) in [6.45, 7) is 5.62. The van der Waals surface area contributed by atoms with Gasteiger partial charge in [-0.3, -0.25) is 14.4 Å². The van der Waals surface area contributed by atoms with Crippen LogP contribution in [0.2, 0.25) is 0 Å². The molecule has 0 heterocycles. The topological polar surface area (TPSA) is 210 Å². The number of anilines is 1. The van der Waals surface area contributed by atoms with Gasteiger partial charge in [-0.05, 0) is 62.9 Å². The molecule has 43 heavy (non-hydrogen) atoms. The van der Waals surface area contributed by atoms with Crippen LogP contribution < -0.4 is 38.1 Å². The minimum Gasteiger partial charge on any atom is -0.445 e. The molecule has 0 saturated heterocycles. The summed E-state index contributed by atoms with van der Waals surface area (Å²) in [6, 6.07) is 4.31. The summed E-state index contributed by atoms with van der Waals surface area (Å²) in [5.41, 5.74) is 11.8. The lowest BCUT2D eigenvalue weighted by atomic mass is 10.0. The molecular weight excluding hydrogens is 556 g/mol. The van der Waals surface area contributed by atoms with Gasteiger partial charge in [0.1, 0.15) is 18.7 Å². The van der Waals surface area contributed by atoms with Crippen molar-refractivity contribution in [3.63, 3.8) is 0 Å². The number of rotatable bonds is 20. The molecule has 2 atom stereocenters. The predicted octanol–water partition coefficient (Wildman–Crippen LogP) is 1.01. The highest BCUT2D eigenvalue weighted by atomic mass is 16.6. The van der Waals surface area contributed by atoms with Gasteiger partial charge in [-0.25, -0.2) is 9.59 Å². The summed E-state index contributed by atoms with van der Waals surface area (Å²) in [6.07, 6.45) is 2.74. The van der Waals surface area contributed by atoms with Crippen LogP contribution in [-0.2, 0) is 25.7 Å². The zero-order valence-corrected chi connectivity index (χ0v) is 25.9. The molecule has 0 aromatic heterocycles. The van der Waals surface area contributed by atoms with Gasteiger partial charge in [0.05, 0.1) is 0 Å². The van der Waals surface area contributed by atoms with E-state index >= 15 is 0 Å². The summed E-state index contributed by atoms with van der Waals surface area (Å²) in [5.74, 6) is -1.41. The van der Waals surface area contributed by atoms with E-state index in [-0.39, 0.29) is 37.8 Å². The smallest absolute Gasteiger partial charge is 0.409 e. The summed E-state index contributed by atoms with van der Waals surface area (Å²) >= 11 is 0. The Balaban J connectivity index is 2.84. The number of nitrogens with two attached hydrogens (primary N) is 2. The van der Waals surface area contributed by atoms with Gasteiger partial charge in [-0.2, -0.15) is 0 Å². The molecule has 14 heteroatoms. The molecule has 242 valence electrons. The van der Waals surface area contributed by atoms with Crippen LogP contribution in [0.5, 0.6) is 0 Å². The number of ether oxygens (including phenoxy) is 1. The van der Waals surface area contributed by atoms with Crippen molar-refractivity contribution in [3.8, 4) is 0 Å². The van der Waals surface area contributed by atoms with Crippen LogP contribution in [0.1, 0.15) is 57.9 Å². The van der Waals surface area contributed by atoms with E-state index in [4.69, 9.17) is 16.2 Å². The zero-order valence-electron chi connectivity index (χ0n) is 25.9.